The minimum Gasteiger partial charge on any atom is -0.454 e. The predicted octanol–water partition coefficient (Wildman–Crippen LogP) is 5.96. The highest BCUT2D eigenvalue weighted by Gasteiger charge is 2.36. The van der Waals surface area contributed by atoms with Gasteiger partial charge in [0.05, 0.1) is 22.2 Å². The van der Waals surface area contributed by atoms with E-state index in [2.05, 4.69) is 4.98 Å². The molecule has 2 heterocycles. The van der Waals surface area contributed by atoms with E-state index in [1.165, 1.54) is 0 Å². The fourth-order valence-corrected chi connectivity index (χ4v) is 4.42. The van der Waals surface area contributed by atoms with Crippen molar-refractivity contribution in [1.82, 2.24) is 4.98 Å². The van der Waals surface area contributed by atoms with Crippen molar-refractivity contribution in [1.29, 1.82) is 0 Å². The molecular weight excluding hydrogens is 403 g/mol. The monoisotopic (exact) mass is 416 g/mol. The zero-order valence-corrected chi connectivity index (χ0v) is 16.3. The number of ether oxygens (including phenoxy) is 1. The van der Waals surface area contributed by atoms with Crippen molar-refractivity contribution in [2.24, 2.45) is 0 Å². The molecule has 4 nitrogen and oxygen atoms in total. The second-order valence-electron chi connectivity index (χ2n) is 5.83. The quantitative estimate of drug-likeness (QED) is 0.526. The van der Waals surface area contributed by atoms with Crippen LogP contribution in [0.4, 0.5) is 5.69 Å². The molecule has 1 amide bonds. The molecule has 136 valence electrons. The number of anilines is 1. The first-order valence-electron chi connectivity index (χ1n) is 8.20. The molecule has 1 atom stereocenters. The first kappa shape index (κ1) is 18.2. The molecule has 27 heavy (non-hydrogen) atoms. The van der Waals surface area contributed by atoms with Crippen LogP contribution in [-0.2, 0) is 4.79 Å². The summed E-state index contributed by atoms with van der Waals surface area (Å²) in [5.74, 6) is 1.41. The number of pyridine rings is 1. The van der Waals surface area contributed by atoms with Crippen LogP contribution >= 0.6 is 35.0 Å². The maximum absolute atomic E-state index is 12.7. The van der Waals surface area contributed by atoms with Crippen LogP contribution in [0, 0.1) is 0 Å². The second-order valence-corrected chi connectivity index (χ2v) is 7.74. The molecule has 0 saturated carbocycles. The van der Waals surface area contributed by atoms with Crippen molar-refractivity contribution in [3.63, 3.8) is 0 Å². The standard InChI is InChI=1S/C20H14Cl2N2O2S/c21-13-8-9-17(14(22)11-13)26-18-7-2-1-6-16(18)24-19(25)12-27-20(24)15-5-3-4-10-23-15/h1-11,20H,12H2. The minimum atomic E-state index is -0.205. The lowest BCUT2D eigenvalue weighted by Crippen LogP contribution is -2.28. The number of hydrogen-bond acceptors (Lipinski definition) is 4. The molecule has 1 aliphatic rings. The molecule has 0 aliphatic carbocycles. The highest BCUT2D eigenvalue weighted by Crippen LogP contribution is 2.45. The molecule has 0 spiro atoms. The molecule has 1 unspecified atom stereocenters. The number of benzene rings is 2. The first-order chi connectivity index (χ1) is 13.1. The van der Waals surface area contributed by atoms with Crippen LogP contribution in [-0.4, -0.2) is 16.6 Å². The Labute approximate surface area is 171 Å². The fraction of sp³-hybridized carbons (Fsp3) is 0.100. The molecule has 0 bridgehead atoms. The third-order valence-electron chi connectivity index (χ3n) is 4.05. The molecule has 4 rings (SSSR count). The van der Waals surface area contributed by atoms with E-state index in [4.69, 9.17) is 27.9 Å². The summed E-state index contributed by atoms with van der Waals surface area (Å²) in [7, 11) is 0. The highest BCUT2D eigenvalue weighted by atomic mass is 35.5. The number of hydrogen-bond donors (Lipinski definition) is 0. The van der Waals surface area contributed by atoms with Gasteiger partial charge in [-0.15, -0.1) is 11.8 Å². The number of amides is 1. The fourth-order valence-electron chi connectivity index (χ4n) is 2.84. The lowest BCUT2D eigenvalue weighted by Gasteiger charge is -2.25. The Bertz CT molecular complexity index is 985. The topological polar surface area (TPSA) is 42.4 Å². The molecular formula is C20H14Cl2N2O2S. The molecule has 0 N–H and O–H groups in total. The molecule has 1 aliphatic heterocycles. The lowest BCUT2D eigenvalue weighted by molar-refractivity contribution is -0.115. The summed E-state index contributed by atoms with van der Waals surface area (Å²) in [5, 5.41) is 0.729. The van der Waals surface area contributed by atoms with Crippen LogP contribution in [0.1, 0.15) is 11.1 Å². The van der Waals surface area contributed by atoms with E-state index in [0.29, 0.717) is 33.0 Å². The summed E-state index contributed by atoms with van der Waals surface area (Å²) in [4.78, 5) is 18.8. The van der Waals surface area contributed by atoms with Crippen molar-refractivity contribution in [2.45, 2.75) is 5.37 Å². The summed E-state index contributed by atoms with van der Waals surface area (Å²) >= 11 is 13.7. The number of aromatic nitrogens is 1. The summed E-state index contributed by atoms with van der Waals surface area (Å²) in [6.07, 6.45) is 1.73. The Hall–Kier alpha value is -2.21. The Morgan fingerprint density at radius 3 is 2.63 bits per heavy atom. The first-order valence-corrected chi connectivity index (χ1v) is 10.0. The van der Waals surface area contributed by atoms with Gasteiger partial charge in [0.2, 0.25) is 5.91 Å². The zero-order chi connectivity index (χ0) is 18.8. The van der Waals surface area contributed by atoms with E-state index in [-0.39, 0.29) is 11.3 Å². The Morgan fingerprint density at radius 2 is 1.85 bits per heavy atom. The molecule has 7 heteroatoms. The third-order valence-corrected chi connectivity index (χ3v) is 5.76. The number of nitrogens with zero attached hydrogens (tertiary/aromatic N) is 2. The molecule has 1 saturated heterocycles. The maximum Gasteiger partial charge on any atom is 0.238 e. The zero-order valence-electron chi connectivity index (χ0n) is 14.0. The second kappa shape index (κ2) is 7.80. The van der Waals surface area contributed by atoms with Gasteiger partial charge in [0.15, 0.2) is 5.75 Å². The van der Waals surface area contributed by atoms with Crippen molar-refractivity contribution in [3.05, 3.63) is 82.6 Å². The smallest absolute Gasteiger partial charge is 0.238 e. The van der Waals surface area contributed by atoms with Crippen LogP contribution in [0.25, 0.3) is 0 Å². The summed E-state index contributed by atoms with van der Waals surface area (Å²) in [5.41, 5.74) is 1.50. The van der Waals surface area contributed by atoms with Crippen molar-refractivity contribution in [2.75, 3.05) is 10.7 Å². The molecule has 3 aromatic rings. The van der Waals surface area contributed by atoms with Crippen LogP contribution in [0.2, 0.25) is 10.0 Å². The Morgan fingerprint density at radius 1 is 1.04 bits per heavy atom. The number of para-hydroxylation sites is 2. The number of carbonyl (C=O) groups is 1. The van der Waals surface area contributed by atoms with Crippen LogP contribution in [0.15, 0.2) is 66.9 Å². The van der Waals surface area contributed by atoms with Crippen LogP contribution in [0.5, 0.6) is 11.5 Å². The van der Waals surface area contributed by atoms with Crippen molar-refractivity contribution in [3.8, 4) is 11.5 Å². The van der Waals surface area contributed by atoms with Gasteiger partial charge in [0.1, 0.15) is 11.1 Å². The lowest BCUT2D eigenvalue weighted by atomic mass is 10.2. The normalized spacial score (nSPS) is 16.6. The predicted molar refractivity (Wildman–Crippen MR) is 110 cm³/mol. The van der Waals surface area contributed by atoms with E-state index in [9.17, 15) is 4.79 Å². The van der Waals surface area contributed by atoms with E-state index in [1.54, 1.807) is 41.1 Å². The van der Waals surface area contributed by atoms with E-state index < -0.39 is 0 Å². The molecule has 0 radical (unpaired) electrons. The average Bonchev–Trinajstić information content (AvgIpc) is 3.06. The number of halogens is 2. The Balaban J connectivity index is 1.72. The van der Waals surface area contributed by atoms with Gasteiger partial charge in [-0.2, -0.15) is 0 Å². The van der Waals surface area contributed by atoms with E-state index in [0.717, 1.165) is 5.69 Å². The SMILES string of the molecule is O=C1CSC(c2ccccn2)N1c1ccccc1Oc1ccc(Cl)cc1Cl. The Kier molecular flexibility index (Phi) is 5.25. The van der Waals surface area contributed by atoms with Gasteiger partial charge >= 0.3 is 0 Å². The average molecular weight is 417 g/mol. The summed E-state index contributed by atoms with van der Waals surface area (Å²) in [6, 6.07) is 18.1. The van der Waals surface area contributed by atoms with Crippen LogP contribution < -0.4 is 9.64 Å². The highest BCUT2D eigenvalue weighted by molar-refractivity contribution is 8.00. The molecule has 1 aromatic heterocycles. The van der Waals surface area contributed by atoms with Gasteiger partial charge in [-0.3, -0.25) is 14.7 Å². The van der Waals surface area contributed by atoms with Gasteiger partial charge in [-0.05, 0) is 42.5 Å². The van der Waals surface area contributed by atoms with Gasteiger partial charge in [0, 0.05) is 11.2 Å². The molecule has 2 aromatic carbocycles. The number of thioether (sulfide) groups is 1. The maximum atomic E-state index is 12.7. The van der Waals surface area contributed by atoms with Crippen molar-refractivity contribution < 1.29 is 9.53 Å². The van der Waals surface area contributed by atoms with E-state index in [1.807, 2.05) is 42.5 Å². The largest absolute Gasteiger partial charge is 0.454 e. The molecule has 1 fully saturated rings. The van der Waals surface area contributed by atoms with Gasteiger partial charge in [-0.25, -0.2) is 0 Å². The van der Waals surface area contributed by atoms with Gasteiger partial charge < -0.3 is 4.74 Å². The number of rotatable bonds is 4. The third kappa shape index (κ3) is 3.76. The van der Waals surface area contributed by atoms with E-state index >= 15 is 0 Å². The summed E-state index contributed by atoms with van der Waals surface area (Å²) < 4.78 is 6.03. The summed E-state index contributed by atoms with van der Waals surface area (Å²) in [6.45, 7) is 0. The number of carbonyl (C=O) groups excluding carboxylic acids is 1. The minimum absolute atomic E-state index is 0.00825. The van der Waals surface area contributed by atoms with Crippen molar-refractivity contribution >= 4 is 46.6 Å². The van der Waals surface area contributed by atoms with Crippen LogP contribution in [0.3, 0.4) is 0 Å². The van der Waals surface area contributed by atoms with Gasteiger partial charge in [0.25, 0.3) is 0 Å². The van der Waals surface area contributed by atoms with Gasteiger partial charge in [-0.1, -0.05) is 41.4 Å².